The molecule has 0 aliphatic heterocycles. The van der Waals surface area contributed by atoms with E-state index < -0.39 is 0 Å². The van der Waals surface area contributed by atoms with Gasteiger partial charge >= 0.3 is 0 Å². The summed E-state index contributed by atoms with van der Waals surface area (Å²) in [4.78, 5) is 0. The fourth-order valence-electron chi connectivity index (χ4n) is 1.67. The summed E-state index contributed by atoms with van der Waals surface area (Å²) in [6, 6.07) is 0. The smallest absolute Gasteiger partial charge is 0.221 e. The second kappa shape index (κ2) is 18.0. The number of methoxy groups -OCH3 is 4. The largest absolute Gasteiger partial charge is 0.352 e. The van der Waals surface area contributed by atoms with Crippen molar-refractivity contribution in [2.75, 3.05) is 28.4 Å². The predicted octanol–water partition coefficient (Wildman–Crippen LogP) is 2.48. The molecule has 3 fully saturated rings. The van der Waals surface area contributed by atoms with Crippen molar-refractivity contribution in [2.24, 2.45) is 17.8 Å². The molecule has 3 rings (SSSR count). The molecule has 0 amide bonds. The molecule has 0 saturated heterocycles. The zero-order valence-electron chi connectivity index (χ0n) is 17.7. The van der Waals surface area contributed by atoms with E-state index in [1.54, 1.807) is 28.4 Å². The lowest BCUT2D eigenvalue weighted by Gasteiger charge is -2.06. The number of hydrogen-bond donors (Lipinski definition) is 0. The van der Waals surface area contributed by atoms with Crippen LogP contribution in [0.5, 0.6) is 0 Å². The number of rotatable bonds is 6. The van der Waals surface area contributed by atoms with Crippen molar-refractivity contribution in [3.63, 3.8) is 0 Å². The molecule has 5 radical (unpaired) electrons. The quantitative estimate of drug-likeness (QED) is 0.307. The normalized spacial score (nSPS) is 17.0. The van der Waals surface area contributed by atoms with Gasteiger partial charge in [-0.2, -0.15) is 0 Å². The summed E-state index contributed by atoms with van der Waals surface area (Å²) < 4.78 is 19.7. The van der Waals surface area contributed by atoms with Crippen molar-refractivity contribution < 1.29 is 18.9 Å². The third-order valence-corrected chi connectivity index (χ3v) is 3.85. The molecule has 3 aliphatic carbocycles. The van der Waals surface area contributed by atoms with Gasteiger partial charge < -0.3 is 18.9 Å². The SMILES string of the molecule is C#CC1CC1.COC(/C=C\C1CC1)OC.COC(C#CC1CC1)OC.[B][B][B]. The Morgan fingerprint density at radius 2 is 1.39 bits per heavy atom. The van der Waals surface area contributed by atoms with Gasteiger partial charge in [-0.1, -0.05) is 12.0 Å². The maximum Gasteiger partial charge on any atom is 0.221 e. The zero-order chi connectivity index (χ0) is 21.2. The van der Waals surface area contributed by atoms with Gasteiger partial charge in [-0.25, -0.2) is 0 Å². The zero-order valence-corrected chi connectivity index (χ0v) is 17.7. The topological polar surface area (TPSA) is 36.9 Å². The van der Waals surface area contributed by atoms with Crippen LogP contribution in [-0.2, 0) is 18.9 Å². The Labute approximate surface area is 175 Å². The molecule has 149 valence electrons. The van der Waals surface area contributed by atoms with Crippen molar-refractivity contribution >= 4 is 22.5 Å². The van der Waals surface area contributed by atoms with Crippen LogP contribution in [0.25, 0.3) is 0 Å². The minimum absolute atomic E-state index is 0.152. The summed E-state index contributed by atoms with van der Waals surface area (Å²) >= 11 is 0. The van der Waals surface area contributed by atoms with Gasteiger partial charge in [-0.15, -0.1) is 12.3 Å². The van der Waals surface area contributed by atoms with Gasteiger partial charge in [-0.05, 0) is 56.4 Å². The standard InChI is InChI=1S/C8H14O2.C8H12O2.C5H6.B3/c2*1-9-8(10-2)6-5-7-3-4-7;1-2-5-3-4-5;1-3-2/h5-8H,3-4H2,1-2H3;7-8H,3-4H2,1-2H3;1,5H,3-4H2;/b6-5-;;;. The highest BCUT2D eigenvalue weighted by Gasteiger charge is 2.18. The molecule has 4 nitrogen and oxygen atoms in total. The van der Waals surface area contributed by atoms with Crippen LogP contribution < -0.4 is 0 Å². The molecule has 0 N–H and O–H groups in total. The van der Waals surface area contributed by atoms with Crippen LogP contribution in [0, 0.1) is 41.9 Å². The van der Waals surface area contributed by atoms with E-state index in [9.17, 15) is 0 Å². The fourth-order valence-corrected chi connectivity index (χ4v) is 1.67. The van der Waals surface area contributed by atoms with Crippen LogP contribution in [0.1, 0.15) is 38.5 Å². The van der Waals surface area contributed by atoms with Crippen LogP contribution in [-0.4, -0.2) is 63.6 Å². The Kier molecular flexibility index (Phi) is 17.2. The Balaban J connectivity index is 0.000000380. The number of terminal acetylenes is 1. The van der Waals surface area contributed by atoms with E-state index >= 15 is 0 Å². The molecule has 0 aromatic carbocycles. The molecule has 3 saturated carbocycles. The maximum atomic E-state index is 4.98. The van der Waals surface area contributed by atoms with E-state index in [0.717, 1.165) is 13.0 Å². The molecular weight excluding hydrogens is 349 g/mol. The molecule has 0 heterocycles. The van der Waals surface area contributed by atoms with Crippen LogP contribution in [0.3, 0.4) is 0 Å². The lowest BCUT2D eigenvalue weighted by atomic mass is 9.40. The number of ether oxygens (including phenoxy) is 4. The Bertz CT molecular complexity index is 490. The average molecular weight is 381 g/mol. The summed E-state index contributed by atoms with van der Waals surface area (Å²) in [7, 11) is 16.5. The molecule has 7 heteroatoms. The summed E-state index contributed by atoms with van der Waals surface area (Å²) in [5.41, 5.74) is 0. The molecule has 0 aromatic heterocycles. The van der Waals surface area contributed by atoms with Gasteiger partial charge in [-0.3, -0.25) is 0 Å². The summed E-state index contributed by atoms with van der Waals surface area (Å²) in [5, 5.41) is 0. The Morgan fingerprint density at radius 3 is 1.68 bits per heavy atom. The highest BCUT2D eigenvalue weighted by Crippen LogP contribution is 2.30. The van der Waals surface area contributed by atoms with Crippen LogP contribution in [0.15, 0.2) is 12.2 Å². The highest BCUT2D eigenvalue weighted by molar-refractivity contribution is 7.17. The minimum Gasteiger partial charge on any atom is -0.352 e. The van der Waals surface area contributed by atoms with Gasteiger partial charge in [0.25, 0.3) is 0 Å². The van der Waals surface area contributed by atoms with Gasteiger partial charge in [0.1, 0.15) is 0 Å². The van der Waals surface area contributed by atoms with Gasteiger partial charge in [0.2, 0.25) is 6.29 Å². The minimum atomic E-state index is -0.333. The Hall–Kier alpha value is -1.11. The summed E-state index contributed by atoms with van der Waals surface area (Å²) in [5.74, 6) is 10.7. The van der Waals surface area contributed by atoms with E-state index in [1.165, 1.54) is 38.5 Å². The predicted molar refractivity (Wildman–Crippen MR) is 117 cm³/mol. The first kappa shape index (κ1) is 26.9. The van der Waals surface area contributed by atoms with Gasteiger partial charge in [0.15, 0.2) is 6.29 Å². The third-order valence-electron chi connectivity index (χ3n) is 3.85. The lowest BCUT2D eigenvalue weighted by molar-refractivity contribution is -0.0668. The molecule has 0 unspecified atom stereocenters. The van der Waals surface area contributed by atoms with E-state index in [4.69, 9.17) is 25.4 Å². The first-order valence-corrected chi connectivity index (χ1v) is 9.60. The molecular formula is C21H32B3O4. The number of hydrogen-bond acceptors (Lipinski definition) is 4. The van der Waals surface area contributed by atoms with Crippen molar-refractivity contribution in [3.8, 4) is 24.2 Å². The fraction of sp³-hybridized carbons (Fsp3) is 0.714. The number of allylic oxidation sites excluding steroid dienone is 1. The van der Waals surface area contributed by atoms with Crippen LogP contribution in [0.4, 0.5) is 0 Å². The van der Waals surface area contributed by atoms with Crippen molar-refractivity contribution in [1.82, 2.24) is 0 Å². The molecule has 0 aromatic rings. The lowest BCUT2D eigenvalue weighted by Crippen LogP contribution is -2.09. The molecule has 28 heavy (non-hydrogen) atoms. The monoisotopic (exact) mass is 381 g/mol. The highest BCUT2D eigenvalue weighted by atomic mass is 16.7. The molecule has 0 bridgehead atoms. The third kappa shape index (κ3) is 18.3. The van der Waals surface area contributed by atoms with Crippen LogP contribution in [0.2, 0.25) is 0 Å². The summed E-state index contributed by atoms with van der Waals surface area (Å²) in [6.07, 6.45) is 16.3. The van der Waals surface area contributed by atoms with Gasteiger partial charge in [0, 0.05) is 62.8 Å². The molecule has 3 aliphatic rings. The van der Waals surface area contributed by atoms with E-state index in [1.807, 2.05) is 6.08 Å². The summed E-state index contributed by atoms with van der Waals surface area (Å²) in [6.45, 7) is 0. The van der Waals surface area contributed by atoms with Crippen LogP contribution >= 0.6 is 0 Å². The molecule has 0 atom stereocenters. The van der Waals surface area contributed by atoms with E-state index in [2.05, 4.69) is 39.3 Å². The molecule has 0 spiro atoms. The second-order valence-electron chi connectivity index (χ2n) is 6.56. The van der Waals surface area contributed by atoms with Crippen molar-refractivity contribution in [2.45, 2.75) is 51.1 Å². The average Bonchev–Trinajstić information content (AvgIpc) is 3.58. The Morgan fingerprint density at radius 1 is 0.893 bits per heavy atom. The first-order valence-electron chi connectivity index (χ1n) is 9.60. The van der Waals surface area contributed by atoms with E-state index in [0.29, 0.717) is 11.8 Å². The van der Waals surface area contributed by atoms with Gasteiger partial charge in [0.05, 0.1) is 0 Å². The maximum absolute atomic E-state index is 4.98. The van der Waals surface area contributed by atoms with Crippen molar-refractivity contribution in [3.05, 3.63) is 12.2 Å². The second-order valence-corrected chi connectivity index (χ2v) is 6.56. The first-order chi connectivity index (χ1) is 13.6. The van der Waals surface area contributed by atoms with Crippen molar-refractivity contribution in [1.29, 1.82) is 0 Å². The van der Waals surface area contributed by atoms with E-state index in [-0.39, 0.29) is 12.6 Å².